The highest BCUT2D eigenvalue weighted by molar-refractivity contribution is 5.98. The Morgan fingerprint density at radius 1 is 0.889 bits per heavy atom. The van der Waals surface area contributed by atoms with E-state index in [2.05, 4.69) is 11.1 Å². The van der Waals surface area contributed by atoms with Crippen molar-refractivity contribution in [3.8, 4) is 11.1 Å². The highest BCUT2D eigenvalue weighted by atomic mass is 16.1. The maximum atomic E-state index is 11.2. The van der Waals surface area contributed by atoms with E-state index in [4.69, 9.17) is 0 Å². The molecule has 18 heavy (non-hydrogen) atoms. The summed E-state index contributed by atoms with van der Waals surface area (Å²) in [7, 11) is 0. The number of carbonyl (C=O) groups is 1. The fourth-order valence-corrected chi connectivity index (χ4v) is 2.11. The van der Waals surface area contributed by atoms with Gasteiger partial charge in [-0.25, -0.2) is 0 Å². The Morgan fingerprint density at radius 2 is 1.72 bits per heavy atom. The van der Waals surface area contributed by atoms with Gasteiger partial charge >= 0.3 is 0 Å². The summed E-state index contributed by atoms with van der Waals surface area (Å²) in [6.45, 7) is 0. The largest absolute Gasteiger partial charge is 0.298 e. The Hall–Kier alpha value is -2.48. The third kappa shape index (κ3) is 1.78. The molecule has 2 aromatic carbocycles. The van der Waals surface area contributed by atoms with Crippen LogP contribution in [0.2, 0.25) is 0 Å². The molecule has 2 nitrogen and oxygen atoms in total. The van der Waals surface area contributed by atoms with Crippen LogP contribution in [-0.2, 0) is 0 Å². The summed E-state index contributed by atoms with van der Waals surface area (Å²) >= 11 is 0. The average Bonchev–Trinajstić information content (AvgIpc) is 2.47. The molecule has 0 unspecified atom stereocenters. The molecule has 0 aliphatic carbocycles. The van der Waals surface area contributed by atoms with E-state index in [1.54, 1.807) is 6.20 Å². The predicted octanol–water partition coefficient (Wildman–Crippen LogP) is 3.71. The number of hydrogen-bond acceptors (Lipinski definition) is 2. The third-order valence-electron chi connectivity index (χ3n) is 2.97. The fourth-order valence-electron chi connectivity index (χ4n) is 2.11. The molecule has 0 N–H and O–H groups in total. The van der Waals surface area contributed by atoms with E-state index in [0.717, 1.165) is 28.3 Å². The van der Waals surface area contributed by atoms with Gasteiger partial charge in [0.1, 0.15) is 0 Å². The van der Waals surface area contributed by atoms with E-state index >= 15 is 0 Å². The first-order valence-electron chi connectivity index (χ1n) is 5.78. The second-order valence-corrected chi connectivity index (χ2v) is 4.12. The molecule has 0 spiro atoms. The van der Waals surface area contributed by atoms with Gasteiger partial charge in [0.05, 0.1) is 5.52 Å². The highest BCUT2D eigenvalue weighted by Gasteiger charge is 2.05. The predicted molar refractivity (Wildman–Crippen MR) is 72.6 cm³/mol. The Bertz CT molecular complexity index is 705. The van der Waals surface area contributed by atoms with Gasteiger partial charge in [-0.3, -0.25) is 9.78 Å². The van der Waals surface area contributed by atoms with Crippen LogP contribution >= 0.6 is 0 Å². The first-order valence-corrected chi connectivity index (χ1v) is 5.78. The van der Waals surface area contributed by atoms with Crippen molar-refractivity contribution < 1.29 is 4.79 Å². The molecule has 0 saturated heterocycles. The molecule has 0 atom stereocenters. The van der Waals surface area contributed by atoms with Gasteiger partial charge in [0, 0.05) is 17.1 Å². The lowest BCUT2D eigenvalue weighted by Gasteiger charge is -2.06. The first kappa shape index (κ1) is 10.7. The van der Waals surface area contributed by atoms with E-state index in [1.165, 1.54) is 0 Å². The smallest absolute Gasteiger partial charge is 0.152 e. The van der Waals surface area contributed by atoms with Gasteiger partial charge in [0.15, 0.2) is 6.29 Å². The van der Waals surface area contributed by atoms with Crippen LogP contribution in [0.1, 0.15) is 10.4 Å². The zero-order valence-corrected chi connectivity index (χ0v) is 9.71. The molecule has 0 radical (unpaired) electrons. The van der Waals surface area contributed by atoms with Crippen LogP contribution in [0.5, 0.6) is 0 Å². The molecule has 0 aliphatic rings. The lowest BCUT2D eigenvalue weighted by atomic mass is 10.00. The van der Waals surface area contributed by atoms with Crippen LogP contribution in [0, 0.1) is 0 Å². The second kappa shape index (κ2) is 4.41. The number of carbonyl (C=O) groups excluding carboxylic acids is 1. The Kier molecular flexibility index (Phi) is 2.61. The molecule has 2 heteroatoms. The lowest BCUT2D eigenvalue weighted by molar-refractivity contribution is 0.112. The molecule has 0 fully saturated rings. The molecular weight excluding hydrogens is 222 g/mol. The average molecular weight is 233 g/mol. The van der Waals surface area contributed by atoms with Gasteiger partial charge in [-0.05, 0) is 29.3 Å². The number of hydrogen-bond donors (Lipinski definition) is 0. The molecule has 0 amide bonds. The quantitative estimate of drug-likeness (QED) is 0.631. The standard InChI is InChI=1S/C16H11NO/c18-11-15-10-14(12-5-2-1-3-6-12)9-13-7-4-8-17-16(13)15/h1-11H. The van der Waals surface area contributed by atoms with Crippen molar-refractivity contribution in [1.29, 1.82) is 0 Å². The number of aromatic nitrogens is 1. The number of nitrogens with zero attached hydrogens (tertiary/aromatic N) is 1. The van der Waals surface area contributed by atoms with Gasteiger partial charge < -0.3 is 0 Å². The number of benzene rings is 2. The van der Waals surface area contributed by atoms with Crippen molar-refractivity contribution >= 4 is 17.2 Å². The van der Waals surface area contributed by atoms with Crippen LogP contribution in [0.3, 0.4) is 0 Å². The van der Waals surface area contributed by atoms with Gasteiger partial charge in [-0.1, -0.05) is 36.4 Å². The summed E-state index contributed by atoms with van der Waals surface area (Å²) in [6, 6.07) is 17.8. The Morgan fingerprint density at radius 3 is 2.50 bits per heavy atom. The lowest BCUT2D eigenvalue weighted by Crippen LogP contribution is -1.89. The number of rotatable bonds is 2. The minimum Gasteiger partial charge on any atom is -0.298 e. The van der Waals surface area contributed by atoms with Crippen LogP contribution < -0.4 is 0 Å². The van der Waals surface area contributed by atoms with Crippen molar-refractivity contribution in [2.24, 2.45) is 0 Å². The van der Waals surface area contributed by atoms with Crippen LogP contribution in [0.25, 0.3) is 22.0 Å². The van der Waals surface area contributed by atoms with E-state index < -0.39 is 0 Å². The maximum absolute atomic E-state index is 11.2. The summed E-state index contributed by atoms with van der Waals surface area (Å²) in [6.07, 6.45) is 2.57. The van der Waals surface area contributed by atoms with Gasteiger partial charge in [0.2, 0.25) is 0 Å². The van der Waals surface area contributed by atoms with E-state index in [1.807, 2.05) is 48.5 Å². The molecule has 0 saturated carbocycles. The molecule has 0 bridgehead atoms. The molecular formula is C16H11NO. The van der Waals surface area contributed by atoms with Crippen molar-refractivity contribution in [2.75, 3.05) is 0 Å². The number of aldehydes is 1. The zero-order valence-electron chi connectivity index (χ0n) is 9.71. The minimum absolute atomic E-state index is 0.631. The minimum atomic E-state index is 0.631. The van der Waals surface area contributed by atoms with E-state index in [0.29, 0.717) is 5.56 Å². The highest BCUT2D eigenvalue weighted by Crippen LogP contribution is 2.25. The summed E-state index contributed by atoms with van der Waals surface area (Å²) < 4.78 is 0. The van der Waals surface area contributed by atoms with Gasteiger partial charge in [-0.15, -0.1) is 0 Å². The molecule has 1 aromatic heterocycles. The normalized spacial score (nSPS) is 10.4. The van der Waals surface area contributed by atoms with Crippen LogP contribution in [-0.4, -0.2) is 11.3 Å². The monoisotopic (exact) mass is 233 g/mol. The van der Waals surface area contributed by atoms with Crippen LogP contribution in [0.4, 0.5) is 0 Å². The Balaban J connectivity index is 2.29. The number of fused-ring (bicyclic) bond motifs is 1. The molecule has 86 valence electrons. The summed E-state index contributed by atoms with van der Waals surface area (Å²) in [5, 5.41) is 0.987. The summed E-state index contributed by atoms with van der Waals surface area (Å²) in [4.78, 5) is 15.4. The molecule has 3 aromatic rings. The molecule has 1 heterocycles. The van der Waals surface area contributed by atoms with Crippen molar-refractivity contribution in [3.05, 3.63) is 66.4 Å². The van der Waals surface area contributed by atoms with E-state index in [9.17, 15) is 4.79 Å². The van der Waals surface area contributed by atoms with Crippen molar-refractivity contribution in [2.45, 2.75) is 0 Å². The van der Waals surface area contributed by atoms with Gasteiger partial charge in [0.25, 0.3) is 0 Å². The third-order valence-corrected chi connectivity index (χ3v) is 2.97. The Labute approximate surface area is 105 Å². The summed E-state index contributed by atoms with van der Waals surface area (Å²) in [5.74, 6) is 0. The second-order valence-electron chi connectivity index (χ2n) is 4.12. The van der Waals surface area contributed by atoms with Crippen LogP contribution in [0.15, 0.2) is 60.8 Å². The molecule has 0 aliphatic heterocycles. The van der Waals surface area contributed by atoms with E-state index in [-0.39, 0.29) is 0 Å². The summed E-state index contributed by atoms with van der Waals surface area (Å²) in [5.41, 5.74) is 3.53. The molecule has 3 rings (SSSR count). The maximum Gasteiger partial charge on any atom is 0.152 e. The fraction of sp³-hybridized carbons (Fsp3) is 0. The number of pyridine rings is 1. The van der Waals surface area contributed by atoms with Gasteiger partial charge in [-0.2, -0.15) is 0 Å². The van der Waals surface area contributed by atoms with Crippen molar-refractivity contribution in [3.63, 3.8) is 0 Å². The SMILES string of the molecule is O=Cc1cc(-c2ccccc2)cc2cccnc12. The zero-order chi connectivity index (χ0) is 12.4. The first-order chi connectivity index (χ1) is 8.88. The topological polar surface area (TPSA) is 30.0 Å². The van der Waals surface area contributed by atoms with Crippen molar-refractivity contribution in [1.82, 2.24) is 4.98 Å².